The van der Waals surface area contributed by atoms with Crippen LogP contribution < -0.4 is 5.73 Å². The zero-order valence-corrected chi connectivity index (χ0v) is 8.66. The highest BCUT2D eigenvalue weighted by molar-refractivity contribution is 5.78. The van der Waals surface area contributed by atoms with Crippen LogP contribution in [-0.2, 0) is 9.53 Å². The lowest BCUT2D eigenvalue weighted by molar-refractivity contribution is -0.147. The molecule has 1 saturated carbocycles. The van der Waals surface area contributed by atoms with Gasteiger partial charge in [-0.15, -0.1) is 0 Å². The van der Waals surface area contributed by atoms with Gasteiger partial charge >= 0.3 is 5.97 Å². The summed E-state index contributed by atoms with van der Waals surface area (Å²) in [6.07, 6.45) is 3.78. The van der Waals surface area contributed by atoms with Crippen LogP contribution >= 0.6 is 0 Å². The van der Waals surface area contributed by atoms with E-state index < -0.39 is 11.5 Å². The largest absolute Gasteiger partial charge is 0.480 e. The molecule has 1 aliphatic carbocycles. The third-order valence-electron chi connectivity index (χ3n) is 2.72. The average molecular weight is 201 g/mol. The van der Waals surface area contributed by atoms with E-state index in [9.17, 15) is 4.79 Å². The third kappa shape index (κ3) is 2.69. The van der Waals surface area contributed by atoms with Gasteiger partial charge in [0.05, 0.1) is 6.10 Å². The van der Waals surface area contributed by atoms with E-state index in [-0.39, 0.29) is 6.10 Å². The summed E-state index contributed by atoms with van der Waals surface area (Å²) in [7, 11) is 0. The van der Waals surface area contributed by atoms with E-state index in [0.717, 1.165) is 19.3 Å². The monoisotopic (exact) mass is 201 g/mol. The lowest BCUT2D eigenvalue weighted by atomic mass is 9.81. The van der Waals surface area contributed by atoms with Crippen LogP contribution in [0.3, 0.4) is 0 Å². The number of carbonyl (C=O) groups is 1. The van der Waals surface area contributed by atoms with Crippen LogP contribution in [0.2, 0.25) is 0 Å². The highest BCUT2D eigenvalue weighted by Crippen LogP contribution is 2.28. The van der Waals surface area contributed by atoms with Crippen LogP contribution in [0.15, 0.2) is 0 Å². The summed E-state index contributed by atoms with van der Waals surface area (Å²) >= 11 is 0. The van der Waals surface area contributed by atoms with Gasteiger partial charge in [0.2, 0.25) is 0 Å². The van der Waals surface area contributed by atoms with Crippen LogP contribution in [0.1, 0.15) is 39.0 Å². The Bertz CT molecular complexity index is 208. The van der Waals surface area contributed by atoms with Gasteiger partial charge in [-0.2, -0.15) is 0 Å². The highest BCUT2D eigenvalue weighted by Gasteiger charge is 2.39. The number of rotatable bonds is 4. The molecule has 0 aromatic carbocycles. The van der Waals surface area contributed by atoms with Crippen LogP contribution in [-0.4, -0.2) is 29.3 Å². The van der Waals surface area contributed by atoms with Gasteiger partial charge in [-0.05, 0) is 25.7 Å². The fourth-order valence-corrected chi connectivity index (χ4v) is 1.88. The SMILES string of the molecule is CCCOC1CCCC(N)(C(=O)O)C1. The Morgan fingerprint density at radius 3 is 3.00 bits per heavy atom. The molecule has 1 fully saturated rings. The Balaban J connectivity index is 2.46. The minimum Gasteiger partial charge on any atom is -0.480 e. The molecule has 0 radical (unpaired) electrons. The number of carboxylic acid groups (broad SMARTS) is 1. The molecule has 4 heteroatoms. The van der Waals surface area contributed by atoms with Crippen LogP contribution in [0.4, 0.5) is 0 Å². The smallest absolute Gasteiger partial charge is 0.323 e. The minimum atomic E-state index is -1.06. The molecule has 0 aromatic rings. The number of nitrogens with two attached hydrogens (primary N) is 1. The summed E-state index contributed by atoms with van der Waals surface area (Å²) in [5.41, 5.74) is 4.73. The van der Waals surface area contributed by atoms with Crippen molar-refractivity contribution in [3.8, 4) is 0 Å². The molecule has 1 rings (SSSR count). The van der Waals surface area contributed by atoms with Crippen molar-refractivity contribution in [1.29, 1.82) is 0 Å². The van der Waals surface area contributed by atoms with Crippen molar-refractivity contribution in [1.82, 2.24) is 0 Å². The maximum absolute atomic E-state index is 10.9. The summed E-state index contributed by atoms with van der Waals surface area (Å²) in [6.45, 7) is 2.73. The molecule has 0 saturated heterocycles. The lowest BCUT2D eigenvalue weighted by Gasteiger charge is -2.34. The molecular formula is C10H19NO3. The molecule has 14 heavy (non-hydrogen) atoms. The molecule has 0 bridgehead atoms. The van der Waals surface area contributed by atoms with Gasteiger partial charge in [-0.25, -0.2) is 0 Å². The Morgan fingerprint density at radius 1 is 1.71 bits per heavy atom. The van der Waals surface area contributed by atoms with E-state index in [1.807, 2.05) is 6.92 Å². The molecule has 4 nitrogen and oxygen atoms in total. The Kier molecular flexibility index (Phi) is 3.89. The van der Waals surface area contributed by atoms with E-state index in [2.05, 4.69) is 0 Å². The topological polar surface area (TPSA) is 72.5 Å². The molecule has 0 spiro atoms. The van der Waals surface area contributed by atoms with Crippen molar-refractivity contribution >= 4 is 5.97 Å². The van der Waals surface area contributed by atoms with Gasteiger partial charge in [0, 0.05) is 13.0 Å². The molecule has 2 atom stereocenters. The lowest BCUT2D eigenvalue weighted by Crippen LogP contribution is -2.52. The maximum Gasteiger partial charge on any atom is 0.323 e. The predicted octanol–water partition coefficient (Wildman–Crippen LogP) is 1.14. The number of hydrogen-bond acceptors (Lipinski definition) is 3. The van der Waals surface area contributed by atoms with E-state index in [1.165, 1.54) is 0 Å². The molecule has 2 unspecified atom stereocenters. The summed E-state index contributed by atoms with van der Waals surface area (Å²) in [4.78, 5) is 10.9. The summed E-state index contributed by atoms with van der Waals surface area (Å²) in [5.74, 6) is -0.901. The number of hydrogen-bond donors (Lipinski definition) is 2. The zero-order chi connectivity index (χ0) is 10.6. The Morgan fingerprint density at radius 2 is 2.43 bits per heavy atom. The highest BCUT2D eigenvalue weighted by atomic mass is 16.5. The number of carboxylic acids is 1. The molecule has 1 aliphatic rings. The average Bonchev–Trinajstić information content (AvgIpc) is 2.15. The fraction of sp³-hybridized carbons (Fsp3) is 0.900. The summed E-state index contributed by atoms with van der Waals surface area (Å²) in [6, 6.07) is 0. The second-order valence-electron chi connectivity index (χ2n) is 4.05. The van der Waals surface area contributed by atoms with Gasteiger partial charge in [0.15, 0.2) is 0 Å². The Hall–Kier alpha value is -0.610. The normalized spacial score (nSPS) is 32.9. The van der Waals surface area contributed by atoms with Gasteiger partial charge in [-0.3, -0.25) is 4.79 Å². The van der Waals surface area contributed by atoms with Crippen molar-refractivity contribution < 1.29 is 14.6 Å². The number of aliphatic carboxylic acids is 1. The Labute approximate surface area is 84.4 Å². The van der Waals surface area contributed by atoms with Gasteiger partial charge in [-0.1, -0.05) is 6.92 Å². The van der Waals surface area contributed by atoms with Crippen LogP contribution in [0, 0.1) is 0 Å². The van der Waals surface area contributed by atoms with Crippen molar-refractivity contribution in [3.05, 3.63) is 0 Å². The van der Waals surface area contributed by atoms with Crippen LogP contribution in [0.5, 0.6) is 0 Å². The first-order valence-electron chi connectivity index (χ1n) is 5.22. The molecule has 3 N–H and O–H groups in total. The van der Waals surface area contributed by atoms with Gasteiger partial charge in [0.1, 0.15) is 5.54 Å². The molecule has 0 amide bonds. The quantitative estimate of drug-likeness (QED) is 0.715. The molecule has 0 aliphatic heterocycles. The maximum atomic E-state index is 10.9. The van der Waals surface area contributed by atoms with Crippen molar-refractivity contribution in [2.45, 2.75) is 50.7 Å². The minimum absolute atomic E-state index is 0.0322. The standard InChI is InChI=1S/C10H19NO3/c1-2-6-14-8-4-3-5-10(11,7-8)9(12)13/h8H,2-7,11H2,1H3,(H,12,13). The predicted molar refractivity (Wildman–Crippen MR) is 53.1 cm³/mol. The first-order valence-corrected chi connectivity index (χ1v) is 5.22. The van der Waals surface area contributed by atoms with E-state index in [1.54, 1.807) is 0 Å². The first-order chi connectivity index (χ1) is 6.58. The zero-order valence-electron chi connectivity index (χ0n) is 8.66. The fourth-order valence-electron chi connectivity index (χ4n) is 1.88. The van der Waals surface area contributed by atoms with Crippen LogP contribution in [0.25, 0.3) is 0 Å². The van der Waals surface area contributed by atoms with Crippen molar-refractivity contribution in [2.24, 2.45) is 5.73 Å². The van der Waals surface area contributed by atoms with Gasteiger partial charge in [0.25, 0.3) is 0 Å². The molecular weight excluding hydrogens is 182 g/mol. The first kappa shape index (κ1) is 11.5. The second kappa shape index (κ2) is 4.75. The third-order valence-corrected chi connectivity index (χ3v) is 2.72. The molecule has 0 heterocycles. The van der Waals surface area contributed by atoms with E-state index in [0.29, 0.717) is 19.4 Å². The van der Waals surface area contributed by atoms with E-state index in [4.69, 9.17) is 15.6 Å². The van der Waals surface area contributed by atoms with E-state index >= 15 is 0 Å². The summed E-state index contributed by atoms with van der Waals surface area (Å²) < 4.78 is 5.53. The number of ether oxygens (including phenoxy) is 1. The summed E-state index contributed by atoms with van der Waals surface area (Å²) in [5, 5.41) is 8.96. The molecule has 0 aromatic heterocycles. The van der Waals surface area contributed by atoms with Gasteiger partial charge < -0.3 is 15.6 Å². The second-order valence-corrected chi connectivity index (χ2v) is 4.05. The molecule has 82 valence electrons. The van der Waals surface area contributed by atoms with Crippen molar-refractivity contribution in [2.75, 3.05) is 6.61 Å². The van der Waals surface area contributed by atoms with Crippen molar-refractivity contribution in [3.63, 3.8) is 0 Å².